The highest BCUT2D eigenvalue weighted by atomic mass is 15.1. The van der Waals surface area contributed by atoms with Gasteiger partial charge in [0.05, 0.1) is 11.7 Å². The first-order chi connectivity index (χ1) is 6.40. The molecular formula is C9H8N4. The molecule has 0 fully saturated rings. The summed E-state index contributed by atoms with van der Waals surface area (Å²) in [6.07, 6.45) is 4.88. The van der Waals surface area contributed by atoms with Crippen LogP contribution in [0.4, 0.5) is 0 Å². The molecule has 0 saturated heterocycles. The van der Waals surface area contributed by atoms with Gasteiger partial charge < -0.3 is 5.84 Å². The molecule has 0 amide bonds. The summed E-state index contributed by atoms with van der Waals surface area (Å²) in [5.74, 6) is 5.04. The lowest BCUT2D eigenvalue weighted by Gasteiger charge is -1.96. The van der Waals surface area contributed by atoms with E-state index in [1.54, 1.807) is 12.4 Å². The van der Waals surface area contributed by atoms with E-state index >= 15 is 0 Å². The first-order valence-corrected chi connectivity index (χ1v) is 3.83. The summed E-state index contributed by atoms with van der Waals surface area (Å²) in [6, 6.07) is 5.76. The molecular weight excluding hydrogens is 164 g/mol. The number of benzene rings is 1. The van der Waals surface area contributed by atoms with Crippen LogP contribution in [0.3, 0.4) is 0 Å². The third-order valence-electron chi connectivity index (χ3n) is 1.75. The molecule has 0 radical (unpaired) electrons. The predicted octanol–water partition coefficient (Wildman–Crippen LogP) is 0.922. The fourth-order valence-corrected chi connectivity index (χ4v) is 1.17. The zero-order valence-corrected chi connectivity index (χ0v) is 6.88. The first-order valence-electron chi connectivity index (χ1n) is 3.83. The van der Waals surface area contributed by atoms with Gasteiger partial charge in [0.1, 0.15) is 6.33 Å². The third-order valence-corrected chi connectivity index (χ3v) is 1.75. The number of hydrogen-bond acceptors (Lipinski definition) is 4. The summed E-state index contributed by atoms with van der Waals surface area (Å²) in [4.78, 5) is 8.02. The van der Waals surface area contributed by atoms with Gasteiger partial charge in [-0.15, -0.1) is 0 Å². The highest BCUT2D eigenvalue weighted by molar-refractivity contribution is 5.87. The van der Waals surface area contributed by atoms with E-state index in [9.17, 15) is 0 Å². The molecule has 0 aliphatic carbocycles. The maximum Gasteiger partial charge on any atom is 0.116 e. The van der Waals surface area contributed by atoms with Crippen molar-refractivity contribution < 1.29 is 0 Å². The van der Waals surface area contributed by atoms with E-state index in [4.69, 9.17) is 5.84 Å². The predicted molar refractivity (Wildman–Crippen MR) is 51.3 cm³/mol. The minimum absolute atomic E-state index is 0.921. The van der Waals surface area contributed by atoms with Gasteiger partial charge in [0.25, 0.3) is 0 Å². The molecule has 4 nitrogen and oxygen atoms in total. The molecule has 4 heteroatoms. The lowest BCUT2D eigenvalue weighted by Crippen LogP contribution is -1.87. The van der Waals surface area contributed by atoms with Gasteiger partial charge in [-0.1, -0.05) is 6.07 Å². The van der Waals surface area contributed by atoms with Crippen LogP contribution in [0.25, 0.3) is 10.9 Å². The summed E-state index contributed by atoms with van der Waals surface area (Å²) < 4.78 is 0. The zero-order valence-electron chi connectivity index (χ0n) is 6.88. The fraction of sp³-hybridized carbons (Fsp3) is 0. The third kappa shape index (κ3) is 1.46. The zero-order chi connectivity index (χ0) is 9.10. The van der Waals surface area contributed by atoms with Crippen LogP contribution in [0.1, 0.15) is 5.56 Å². The second-order valence-corrected chi connectivity index (χ2v) is 2.62. The number of hydrazone groups is 1. The van der Waals surface area contributed by atoms with E-state index < -0.39 is 0 Å². The highest BCUT2D eigenvalue weighted by Gasteiger charge is 1.94. The molecule has 13 heavy (non-hydrogen) atoms. The van der Waals surface area contributed by atoms with Crippen LogP contribution in [0.5, 0.6) is 0 Å². The second-order valence-electron chi connectivity index (χ2n) is 2.62. The SMILES string of the molecule is N/N=C/c1ccc2ncncc2c1. The number of aromatic nitrogens is 2. The average molecular weight is 172 g/mol. The van der Waals surface area contributed by atoms with Crippen molar-refractivity contribution in [3.8, 4) is 0 Å². The summed E-state index contributed by atoms with van der Waals surface area (Å²) in [7, 11) is 0. The number of nitrogens with zero attached hydrogens (tertiary/aromatic N) is 3. The van der Waals surface area contributed by atoms with Gasteiger partial charge in [-0.2, -0.15) is 5.10 Å². The van der Waals surface area contributed by atoms with Gasteiger partial charge in [0, 0.05) is 11.6 Å². The van der Waals surface area contributed by atoms with Crippen molar-refractivity contribution in [3.05, 3.63) is 36.3 Å². The van der Waals surface area contributed by atoms with Crippen molar-refractivity contribution in [3.63, 3.8) is 0 Å². The molecule has 1 heterocycles. The van der Waals surface area contributed by atoms with E-state index in [1.165, 1.54) is 6.33 Å². The molecule has 0 spiro atoms. The topological polar surface area (TPSA) is 64.2 Å². The van der Waals surface area contributed by atoms with Crippen LogP contribution >= 0.6 is 0 Å². The van der Waals surface area contributed by atoms with E-state index in [-0.39, 0.29) is 0 Å². The van der Waals surface area contributed by atoms with E-state index in [1.807, 2.05) is 18.2 Å². The van der Waals surface area contributed by atoms with Crippen LogP contribution in [0.15, 0.2) is 35.8 Å². The van der Waals surface area contributed by atoms with E-state index in [0.717, 1.165) is 16.5 Å². The van der Waals surface area contributed by atoms with Gasteiger partial charge in [-0.3, -0.25) is 0 Å². The number of hydrogen-bond donors (Lipinski definition) is 1. The van der Waals surface area contributed by atoms with Gasteiger partial charge in [-0.25, -0.2) is 9.97 Å². The summed E-state index contributed by atoms with van der Waals surface area (Å²) in [5.41, 5.74) is 1.87. The van der Waals surface area contributed by atoms with Gasteiger partial charge in [-0.05, 0) is 17.7 Å². The molecule has 64 valence electrons. The van der Waals surface area contributed by atoms with Gasteiger partial charge in [0.15, 0.2) is 0 Å². The first kappa shape index (κ1) is 7.67. The standard InChI is InChI=1S/C9H8N4/c10-13-4-7-1-2-9-8(3-7)5-11-6-12-9/h1-6H,10H2/b13-4+. The Bertz CT molecular complexity index is 450. The quantitative estimate of drug-likeness (QED) is 0.395. The largest absolute Gasteiger partial charge is 0.323 e. The maximum atomic E-state index is 5.04. The Hall–Kier alpha value is -1.97. The smallest absolute Gasteiger partial charge is 0.116 e. The monoisotopic (exact) mass is 172 g/mol. The molecule has 0 aliphatic rings. The Balaban J connectivity index is 2.62. The Morgan fingerprint density at radius 3 is 3.15 bits per heavy atom. The number of nitrogens with two attached hydrogens (primary N) is 1. The molecule has 2 aromatic rings. The fourth-order valence-electron chi connectivity index (χ4n) is 1.17. The normalized spacial score (nSPS) is 11.1. The Morgan fingerprint density at radius 1 is 1.38 bits per heavy atom. The Morgan fingerprint density at radius 2 is 2.31 bits per heavy atom. The van der Waals surface area contributed by atoms with Gasteiger partial charge in [0.2, 0.25) is 0 Å². The van der Waals surface area contributed by atoms with Crippen LogP contribution in [0, 0.1) is 0 Å². The van der Waals surface area contributed by atoms with Crippen molar-refractivity contribution in [1.29, 1.82) is 0 Å². The Kier molecular flexibility index (Phi) is 1.88. The Labute approximate surface area is 75.1 Å². The molecule has 2 N–H and O–H groups in total. The van der Waals surface area contributed by atoms with Crippen molar-refractivity contribution in [2.75, 3.05) is 0 Å². The molecule has 0 bridgehead atoms. The summed E-state index contributed by atoms with van der Waals surface area (Å²) in [5, 5.41) is 4.43. The lowest BCUT2D eigenvalue weighted by molar-refractivity contribution is 1.22. The minimum atomic E-state index is 0.921. The summed E-state index contributed by atoms with van der Waals surface area (Å²) in [6.45, 7) is 0. The molecule has 1 aromatic heterocycles. The van der Waals surface area contributed by atoms with E-state index in [2.05, 4.69) is 15.1 Å². The van der Waals surface area contributed by atoms with Crippen molar-refractivity contribution >= 4 is 17.1 Å². The minimum Gasteiger partial charge on any atom is -0.323 e. The van der Waals surface area contributed by atoms with Crippen LogP contribution in [0.2, 0.25) is 0 Å². The molecule has 1 aromatic carbocycles. The molecule has 0 aliphatic heterocycles. The maximum absolute atomic E-state index is 5.04. The highest BCUT2D eigenvalue weighted by Crippen LogP contribution is 2.10. The summed E-state index contributed by atoms with van der Waals surface area (Å²) >= 11 is 0. The van der Waals surface area contributed by atoms with Crippen molar-refractivity contribution in [2.45, 2.75) is 0 Å². The van der Waals surface area contributed by atoms with Crippen LogP contribution in [-0.4, -0.2) is 16.2 Å². The molecule has 0 atom stereocenters. The van der Waals surface area contributed by atoms with Gasteiger partial charge >= 0.3 is 0 Å². The lowest BCUT2D eigenvalue weighted by atomic mass is 10.2. The van der Waals surface area contributed by atoms with Crippen molar-refractivity contribution in [1.82, 2.24) is 9.97 Å². The van der Waals surface area contributed by atoms with Crippen LogP contribution in [-0.2, 0) is 0 Å². The number of rotatable bonds is 1. The molecule has 0 saturated carbocycles. The molecule has 2 rings (SSSR count). The second kappa shape index (κ2) is 3.18. The van der Waals surface area contributed by atoms with E-state index in [0.29, 0.717) is 0 Å². The average Bonchev–Trinajstić information content (AvgIpc) is 2.18. The van der Waals surface area contributed by atoms with Crippen LogP contribution < -0.4 is 5.84 Å². The molecule has 0 unspecified atom stereocenters. The number of fused-ring (bicyclic) bond motifs is 1. The van der Waals surface area contributed by atoms with Crippen molar-refractivity contribution in [2.24, 2.45) is 10.9 Å².